The summed E-state index contributed by atoms with van der Waals surface area (Å²) in [5, 5.41) is 9.46. The van der Waals surface area contributed by atoms with Crippen molar-refractivity contribution in [2.24, 2.45) is 5.92 Å². The maximum atomic E-state index is 12.3. The summed E-state index contributed by atoms with van der Waals surface area (Å²) in [5.41, 5.74) is 0. The molecule has 248 valence electrons. The Labute approximate surface area is 261 Å². The summed E-state index contributed by atoms with van der Waals surface area (Å²) >= 11 is 0. The van der Waals surface area contributed by atoms with Crippen molar-refractivity contribution in [2.45, 2.75) is 193 Å². The zero-order valence-corrected chi connectivity index (χ0v) is 28.2. The van der Waals surface area contributed by atoms with E-state index in [0.29, 0.717) is 12.2 Å². The minimum absolute atomic E-state index is 0.00786. The van der Waals surface area contributed by atoms with E-state index in [0.717, 1.165) is 96.2 Å². The van der Waals surface area contributed by atoms with Crippen LogP contribution < -0.4 is 0 Å². The molecular weight excluding hydrogens is 522 g/mol. The zero-order valence-electron chi connectivity index (χ0n) is 28.2. The van der Waals surface area contributed by atoms with Crippen LogP contribution in [0.5, 0.6) is 0 Å². The molecule has 0 aliphatic heterocycles. The third kappa shape index (κ3) is 23.5. The van der Waals surface area contributed by atoms with Crippen LogP contribution in [-0.2, 0) is 14.3 Å². The smallest absolute Gasteiger partial charge is 0.306 e. The van der Waals surface area contributed by atoms with Crippen molar-refractivity contribution in [1.82, 2.24) is 4.90 Å². The summed E-state index contributed by atoms with van der Waals surface area (Å²) in [7, 11) is 0. The normalized spacial score (nSPS) is 17.1. The van der Waals surface area contributed by atoms with Crippen molar-refractivity contribution in [3.05, 3.63) is 0 Å². The molecule has 0 heterocycles. The fourth-order valence-corrected chi connectivity index (χ4v) is 6.49. The lowest BCUT2D eigenvalue weighted by Gasteiger charge is -2.28. The molecule has 0 radical (unpaired) electrons. The number of nitrogens with zero attached hydrogens (tertiary/aromatic N) is 1. The monoisotopic (exact) mass is 594 g/mol. The number of aliphatic hydroxyl groups excluding tert-OH is 1. The topological polar surface area (TPSA) is 66.8 Å². The average Bonchev–Trinajstić information content (AvgIpc) is 2.98. The van der Waals surface area contributed by atoms with E-state index in [1.54, 1.807) is 0 Å². The Balaban J connectivity index is 1.96. The Kier molecular flexibility index (Phi) is 26.8. The van der Waals surface area contributed by atoms with E-state index in [-0.39, 0.29) is 18.7 Å². The lowest BCUT2D eigenvalue weighted by molar-refractivity contribution is -0.151. The molecule has 0 bridgehead atoms. The number of hydrogen-bond donors (Lipinski definition) is 1. The van der Waals surface area contributed by atoms with E-state index >= 15 is 0 Å². The van der Waals surface area contributed by atoms with E-state index in [1.165, 1.54) is 96.3 Å². The van der Waals surface area contributed by atoms with Gasteiger partial charge in [0.15, 0.2) is 0 Å². The van der Waals surface area contributed by atoms with E-state index in [2.05, 4.69) is 18.7 Å². The summed E-state index contributed by atoms with van der Waals surface area (Å²) in [4.78, 5) is 26.8. The molecule has 0 aromatic rings. The van der Waals surface area contributed by atoms with Crippen molar-refractivity contribution >= 4 is 11.8 Å². The van der Waals surface area contributed by atoms with Gasteiger partial charge in [-0.2, -0.15) is 0 Å². The van der Waals surface area contributed by atoms with Gasteiger partial charge in [0.1, 0.15) is 11.9 Å². The Morgan fingerprint density at radius 3 is 1.64 bits per heavy atom. The number of Topliss-reactive ketones (excluding diaryl/α,β-unsaturated/α-hetero) is 1. The summed E-state index contributed by atoms with van der Waals surface area (Å²) in [6, 6.07) is 0. The maximum absolute atomic E-state index is 12.3. The molecule has 0 amide bonds. The van der Waals surface area contributed by atoms with Gasteiger partial charge in [-0.15, -0.1) is 0 Å². The number of carbonyl (C=O) groups excluding carboxylic acids is 2. The van der Waals surface area contributed by atoms with Crippen LogP contribution in [0.1, 0.15) is 187 Å². The van der Waals surface area contributed by atoms with Crippen molar-refractivity contribution in [3.63, 3.8) is 0 Å². The summed E-state index contributed by atoms with van der Waals surface area (Å²) in [6.45, 7) is 7.47. The molecule has 0 saturated heterocycles. The van der Waals surface area contributed by atoms with Crippen molar-refractivity contribution in [2.75, 3.05) is 26.2 Å². The molecule has 1 rings (SSSR count). The molecule has 5 nitrogen and oxygen atoms in total. The van der Waals surface area contributed by atoms with Gasteiger partial charge in [-0.3, -0.25) is 9.59 Å². The van der Waals surface area contributed by atoms with Crippen molar-refractivity contribution < 1.29 is 19.4 Å². The van der Waals surface area contributed by atoms with E-state index in [9.17, 15) is 14.7 Å². The number of aliphatic hydroxyl groups is 1. The highest BCUT2D eigenvalue weighted by Gasteiger charge is 2.23. The highest BCUT2D eigenvalue weighted by molar-refractivity contribution is 5.78. The molecule has 5 heteroatoms. The SMILES string of the molecule is CCCCCCCCCCC(=O)CCCCCCCN(CCO)CCCCCC(=O)OC1CCC(CCCCC)CC1. The van der Waals surface area contributed by atoms with E-state index < -0.39 is 0 Å². The largest absolute Gasteiger partial charge is 0.462 e. The first-order valence-corrected chi connectivity index (χ1v) is 18.6. The van der Waals surface area contributed by atoms with Gasteiger partial charge in [0.25, 0.3) is 0 Å². The number of ketones is 1. The Morgan fingerprint density at radius 1 is 0.595 bits per heavy atom. The van der Waals surface area contributed by atoms with E-state index in [1.807, 2.05) is 0 Å². The molecule has 1 saturated carbocycles. The number of ether oxygens (including phenoxy) is 1. The van der Waals surface area contributed by atoms with Crippen LogP contribution in [0.4, 0.5) is 0 Å². The highest BCUT2D eigenvalue weighted by Crippen LogP contribution is 2.30. The van der Waals surface area contributed by atoms with Crippen LogP contribution in [-0.4, -0.2) is 54.1 Å². The molecular formula is C37H71NO4. The Bertz CT molecular complexity index is 617. The van der Waals surface area contributed by atoms with Crippen LogP contribution >= 0.6 is 0 Å². The fourth-order valence-electron chi connectivity index (χ4n) is 6.49. The van der Waals surface area contributed by atoms with E-state index in [4.69, 9.17) is 4.74 Å². The first kappa shape index (κ1) is 39.1. The lowest BCUT2D eigenvalue weighted by atomic mass is 9.84. The number of hydrogen-bond acceptors (Lipinski definition) is 5. The third-order valence-electron chi connectivity index (χ3n) is 9.32. The predicted molar refractivity (Wildman–Crippen MR) is 178 cm³/mol. The van der Waals surface area contributed by atoms with Gasteiger partial charge in [0.2, 0.25) is 0 Å². The number of unbranched alkanes of at least 4 members (excludes halogenated alkanes) is 15. The molecule has 1 aliphatic rings. The second kappa shape index (κ2) is 28.8. The second-order valence-corrected chi connectivity index (χ2v) is 13.3. The number of carbonyl (C=O) groups is 2. The first-order chi connectivity index (χ1) is 20.6. The van der Waals surface area contributed by atoms with Gasteiger partial charge in [-0.05, 0) is 76.8 Å². The Hall–Kier alpha value is -0.940. The molecule has 1 aliphatic carbocycles. The first-order valence-electron chi connectivity index (χ1n) is 18.6. The number of rotatable bonds is 30. The van der Waals surface area contributed by atoms with Crippen LogP contribution in [0, 0.1) is 5.92 Å². The minimum atomic E-state index is -0.00786. The fraction of sp³-hybridized carbons (Fsp3) is 0.946. The van der Waals surface area contributed by atoms with Crippen molar-refractivity contribution in [3.8, 4) is 0 Å². The molecule has 0 spiro atoms. The van der Waals surface area contributed by atoms with Gasteiger partial charge >= 0.3 is 5.97 Å². The van der Waals surface area contributed by atoms with Crippen LogP contribution in [0.25, 0.3) is 0 Å². The third-order valence-corrected chi connectivity index (χ3v) is 9.32. The number of esters is 1. The van der Waals surface area contributed by atoms with Gasteiger partial charge in [-0.1, -0.05) is 110 Å². The maximum Gasteiger partial charge on any atom is 0.306 e. The van der Waals surface area contributed by atoms with Crippen molar-refractivity contribution in [1.29, 1.82) is 0 Å². The minimum Gasteiger partial charge on any atom is -0.462 e. The average molecular weight is 594 g/mol. The molecule has 1 fully saturated rings. The molecule has 42 heavy (non-hydrogen) atoms. The zero-order chi connectivity index (χ0) is 30.5. The summed E-state index contributed by atoms with van der Waals surface area (Å²) in [6.07, 6.45) is 31.2. The van der Waals surface area contributed by atoms with Crippen LogP contribution in [0.2, 0.25) is 0 Å². The standard InChI is InChI=1S/C37H71NO4/c1-3-5-7-8-9-10-12-17-23-35(40)24-18-13-11-14-20-30-38(32-33-39)31-21-15-19-25-37(41)42-36-28-26-34(27-29-36)22-16-6-4-2/h34,36,39H,3-33H2,1-2H3. The van der Waals surface area contributed by atoms with Gasteiger partial charge in [-0.25, -0.2) is 0 Å². The molecule has 1 N–H and O–H groups in total. The second-order valence-electron chi connectivity index (χ2n) is 13.3. The van der Waals surface area contributed by atoms with Crippen LogP contribution in [0.3, 0.4) is 0 Å². The molecule has 0 aromatic heterocycles. The predicted octanol–water partition coefficient (Wildman–Crippen LogP) is 9.96. The summed E-state index contributed by atoms with van der Waals surface area (Å²) < 4.78 is 5.78. The molecule has 0 aromatic carbocycles. The lowest BCUT2D eigenvalue weighted by Crippen LogP contribution is -2.29. The molecule has 0 unspecified atom stereocenters. The Morgan fingerprint density at radius 2 is 1.07 bits per heavy atom. The van der Waals surface area contributed by atoms with Gasteiger partial charge < -0.3 is 14.7 Å². The molecule has 0 atom stereocenters. The highest BCUT2D eigenvalue weighted by atomic mass is 16.5. The quantitative estimate of drug-likeness (QED) is 0.0663. The van der Waals surface area contributed by atoms with Gasteiger partial charge in [0.05, 0.1) is 6.61 Å². The van der Waals surface area contributed by atoms with Crippen LogP contribution in [0.15, 0.2) is 0 Å². The van der Waals surface area contributed by atoms with Gasteiger partial charge in [0, 0.05) is 25.8 Å². The summed E-state index contributed by atoms with van der Waals surface area (Å²) in [5.74, 6) is 1.30.